The van der Waals surface area contributed by atoms with Crippen molar-refractivity contribution in [3.63, 3.8) is 0 Å². The van der Waals surface area contributed by atoms with E-state index in [-0.39, 0.29) is 37.2 Å². The fraction of sp³-hybridized carbons (Fsp3) is 0.375. The van der Waals surface area contributed by atoms with Gasteiger partial charge in [0.1, 0.15) is 18.4 Å². The highest BCUT2D eigenvalue weighted by atomic mass is 19.4. The number of amides is 1. The van der Waals surface area contributed by atoms with Gasteiger partial charge in [0.05, 0.1) is 6.04 Å². The topological polar surface area (TPSA) is 164 Å². The Morgan fingerprint density at radius 2 is 1.85 bits per heavy atom. The molecule has 3 atom stereocenters. The molecule has 1 aliphatic heterocycles. The van der Waals surface area contributed by atoms with Crippen molar-refractivity contribution in [1.82, 2.24) is 16.1 Å². The summed E-state index contributed by atoms with van der Waals surface area (Å²) in [6, 6.07) is 12.1. The summed E-state index contributed by atoms with van der Waals surface area (Å²) in [4.78, 5) is 44.6. The number of nitrogens with zero attached hydrogens (tertiary/aromatic N) is 3. The number of ether oxygens (including phenoxy) is 2. The van der Waals surface area contributed by atoms with Gasteiger partial charge in [-0.2, -0.15) is 13.2 Å². The first-order valence-electron chi connectivity index (χ1n) is 11.7. The van der Waals surface area contributed by atoms with E-state index in [1.807, 2.05) is 0 Å². The highest BCUT2D eigenvalue weighted by Gasteiger charge is 2.41. The summed E-state index contributed by atoms with van der Waals surface area (Å²) in [5.41, 5.74) is 11.7. The summed E-state index contributed by atoms with van der Waals surface area (Å²) in [5, 5.41) is 8.93. The first kappa shape index (κ1) is 29.2. The SMILES string of the molecule is [N-]=[N+]=NC[C@@H]1C[C@H](NOC(=O)[C@H](Cc2ccccc2OC(=O)C(F)(F)F)NC(=O)OCc2ccccc2)CN1. The molecule has 1 heterocycles. The van der Waals surface area contributed by atoms with Gasteiger partial charge in [0.25, 0.3) is 0 Å². The Bertz CT molecular complexity index is 1190. The lowest BCUT2D eigenvalue weighted by Gasteiger charge is -2.20. The van der Waals surface area contributed by atoms with Crippen LogP contribution in [0.4, 0.5) is 18.0 Å². The van der Waals surface area contributed by atoms with Crippen LogP contribution in [0.2, 0.25) is 0 Å². The number of hydrogen-bond acceptors (Lipinski definition) is 9. The van der Waals surface area contributed by atoms with E-state index in [1.165, 1.54) is 18.2 Å². The number of benzene rings is 2. The molecule has 1 amide bonds. The van der Waals surface area contributed by atoms with E-state index in [0.717, 1.165) is 6.07 Å². The van der Waals surface area contributed by atoms with Gasteiger partial charge in [0, 0.05) is 30.5 Å². The highest BCUT2D eigenvalue weighted by Crippen LogP contribution is 2.24. The number of azide groups is 1. The standard InChI is InChI=1S/C24H25F3N6O6/c25-24(26,27)22(35)38-20-9-5-4-8-16(20)10-19(31-23(36)37-14-15-6-2-1-3-7-15)21(34)39-32-18-11-17(29-12-18)13-30-33-28/h1-9,17-19,29,32H,10-14H2,(H,31,36)/t17-,18-,19-/m0/s1. The van der Waals surface area contributed by atoms with E-state index in [2.05, 4.69) is 30.9 Å². The molecule has 15 heteroatoms. The molecule has 1 aliphatic rings. The van der Waals surface area contributed by atoms with Crippen LogP contribution in [0.1, 0.15) is 17.5 Å². The average Bonchev–Trinajstić information content (AvgIpc) is 3.37. The van der Waals surface area contributed by atoms with Crippen molar-refractivity contribution in [2.24, 2.45) is 5.11 Å². The van der Waals surface area contributed by atoms with Crippen molar-refractivity contribution in [2.45, 2.75) is 43.8 Å². The second kappa shape index (κ2) is 14.0. The zero-order valence-electron chi connectivity index (χ0n) is 20.4. The van der Waals surface area contributed by atoms with E-state index < -0.39 is 36.0 Å². The fourth-order valence-corrected chi connectivity index (χ4v) is 3.65. The molecule has 3 N–H and O–H groups in total. The predicted octanol–water partition coefficient (Wildman–Crippen LogP) is 3.08. The maximum atomic E-state index is 12.9. The molecule has 0 unspecified atom stereocenters. The van der Waals surface area contributed by atoms with Gasteiger partial charge in [-0.15, -0.1) is 5.48 Å². The summed E-state index contributed by atoms with van der Waals surface area (Å²) < 4.78 is 47.8. The Morgan fingerprint density at radius 1 is 1.13 bits per heavy atom. The van der Waals surface area contributed by atoms with Gasteiger partial charge >= 0.3 is 24.2 Å². The second-order valence-corrected chi connectivity index (χ2v) is 8.45. The Hall–Kier alpha value is -4.33. The number of nitrogens with one attached hydrogen (secondary N) is 3. The number of carbonyl (C=O) groups excluding carboxylic acids is 3. The van der Waals surface area contributed by atoms with Crippen molar-refractivity contribution in [3.8, 4) is 5.75 Å². The highest BCUT2D eigenvalue weighted by molar-refractivity contribution is 5.82. The molecule has 0 radical (unpaired) electrons. The minimum atomic E-state index is -5.24. The Kier molecular flexibility index (Phi) is 10.5. The molecule has 2 aromatic carbocycles. The van der Waals surface area contributed by atoms with E-state index in [9.17, 15) is 27.6 Å². The predicted molar refractivity (Wildman–Crippen MR) is 129 cm³/mol. The van der Waals surface area contributed by atoms with E-state index >= 15 is 0 Å². The van der Waals surface area contributed by atoms with Gasteiger partial charge in [-0.05, 0) is 29.1 Å². The van der Waals surface area contributed by atoms with Crippen LogP contribution >= 0.6 is 0 Å². The number of halogens is 3. The number of alkyl carbamates (subject to hydrolysis) is 1. The van der Waals surface area contributed by atoms with Crippen molar-refractivity contribution in [2.75, 3.05) is 13.1 Å². The molecule has 0 spiro atoms. The lowest BCUT2D eigenvalue weighted by atomic mass is 10.0. The molecule has 208 valence electrons. The van der Waals surface area contributed by atoms with Gasteiger partial charge in [-0.1, -0.05) is 53.6 Å². The smallest absolute Gasteiger partial charge is 0.445 e. The van der Waals surface area contributed by atoms with Crippen LogP contribution in [0, 0.1) is 0 Å². The molecule has 0 saturated carbocycles. The molecular formula is C24H25F3N6O6. The molecule has 1 saturated heterocycles. The lowest BCUT2D eigenvalue weighted by Crippen LogP contribution is -2.46. The number of esters is 1. The summed E-state index contributed by atoms with van der Waals surface area (Å²) in [6.45, 7) is 0.493. The molecule has 0 bridgehead atoms. The number of hydrogen-bond donors (Lipinski definition) is 3. The van der Waals surface area contributed by atoms with Crippen LogP contribution in [0.5, 0.6) is 5.75 Å². The summed E-state index contributed by atoms with van der Waals surface area (Å²) in [6.07, 6.45) is -6.13. The summed E-state index contributed by atoms with van der Waals surface area (Å²) >= 11 is 0. The molecule has 0 aromatic heterocycles. The summed E-state index contributed by atoms with van der Waals surface area (Å²) in [5.74, 6) is -3.84. The van der Waals surface area contributed by atoms with Gasteiger partial charge < -0.3 is 24.9 Å². The molecule has 39 heavy (non-hydrogen) atoms. The number of carbonyl (C=O) groups is 3. The molecule has 2 aromatic rings. The van der Waals surface area contributed by atoms with Crippen molar-refractivity contribution in [3.05, 3.63) is 76.2 Å². The first-order valence-corrected chi connectivity index (χ1v) is 11.7. The number of para-hydroxylation sites is 1. The third-order valence-electron chi connectivity index (χ3n) is 5.53. The monoisotopic (exact) mass is 550 g/mol. The minimum absolute atomic E-state index is 0.0253. The van der Waals surface area contributed by atoms with Crippen LogP contribution in [0.3, 0.4) is 0 Å². The normalized spacial score (nSPS) is 17.4. The zero-order valence-corrected chi connectivity index (χ0v) is 20.4. The van der Waals surface area contributed by atoms with Crippen molar-refractivity contribution in [1.29, 1.82) is 0 Å². The number of alkyl halides is 3. The molecule has 12 nitrogen and oxygen atoms in total. The van der Waals surface area contributed by atoms with Crippen LogP contribution in [-0.2, 0) is 32.2 Å². The average molecular weight is 550 g/mol. The van der Waals surface area contributed by atoms with Crippen LogP contribution in [0.25, 0.3) is 10.4 Å². The van der Waals surface area contributed by atoms with Crippen LogP contribution in [0.15, 0.2) is 59.7 Å². The van der Waals surface area contributed by atoms with E-state index in [0.29, 0.717) is 18.5 Å². The maximum Gasteiger partial charge on any atom is 0.491 e. The number of hydroxylamine groups is 1. The third kappa shape index (κ3) is 9.48. The number of rotatable bonds is 11. The zero-order chi connectivity index (χ0) is 28.3. The van der Waals surface area contributed by atoms with Crippen molar-refractivity contribution >= 4 is 18.0 Å². The molecule has 0 aliphatic carbocycles. The van der Waals surface area contributed by atoms with Gasteiger partial charge in [-0.3, -0.25) is 0 Å². The van der Waals surface area contributed by atoms with Gasteiger partial charge in [0.15, 0.2) is 0 Å². The Balaban J connectivity index is 1.68. The lowest BCUT2D eigenvalue weighted by molar-refractivity contribution is -0.189. The van der Waals surface area contributed by atoms with Crippen LogP contribution < -0.4 is 20.9 Å². The maximum absolute atomic E-state index is 12.9. The third-order valence-corrected chi connectivity index (χ3v) is 5.53. The summed E-state index contributed by atoms with van der Waals surface area (Å²) in [7, 11) is 0. The van der Waals surface area contributed by atoms with E-state index in [4.69, 9.17) is 15.1 Å². The minimum Gasteiger partial charge on any atom is -0.445 e. The quantitative estimate of drug-likeness (QED) is 0.0960. The van der Waals surface area contributed by atoms with Gasteiger partial charge in [-0.25, -0.2) is 14.4 Å². The fourth-order valence-electron chi connectivity index (χ4n) is 3.65. The van der Waals surface area contributed by atoms with Crippen LogP contribution in [-0.4, -0.2) is 55.4 Å². The Morgan fingerprint density at radius 3 is 2.56 bits per heavy atom. The molecule has 1 fully saturated rings. The molecule has 3 rings (SSSR count). The van der Waals surface area contributed by atoms with Gasteiger partial charge in [0.2, 0.25) is 0 Å². The molecular weight excluding hydrogens is 525 g/mol. The van der Waals surface area contributed by atoms with Crippen molar-refractivity contribution < 1.29 is 41.9 Å². The first-order chi connectivity index (χ1) is 18.7. The Labute approximate surface area is 220 Å². The largest absolute Gasteiger partial charge is 0.491 e. The van der Waals surface area contributed by atoms with E-state index in [1.54, 1.807) is 30.3 Å². The second-order valence-electron chi connectivity index (χ2n) is 8.45.